The van der Waals surface area contributed by atoms with Crippen LogP contribution < -0.4 is 10.1 Å². The van der Waals surface area contributed by atoms with E-state index in [0.717, 1.165) is 6.42 Å². The summed E-state index contributed by atoms with van der Waals surface area (Å²) < 4.78 is 5.72. The summed E-state index contributed by atoms with van der Waals surface area (Å²) >= 11 is 0. The molecule has 1 aromatic carbocycles. The number of nitrogens with one attached hydrogen (secondary N) is 1. The van der Waals surface area contributed by atoms with Crippen molar-refractivity contribution in [3.8, 4) is 5.75 Å². The summed E-state index contributed by atoms with van der Waals surface area (Å²) in [5.41, 5.74) is 0.643. The van der Waals surface area contributed by atoms with Crippen LogP contribution >= 0.6 is 0 Å². The third kappa shape index (κ3) is 4.13. The molecule has 0 bridgehead atoms. The van der Waals surface area contributed by atoms with Crippen LogP contribution in [0.25, 0.3) is 0 Å². The molecule has 120 valence electrons. The molecule has 0 saturated carbocycles. The molecule has 6 heteroatoms. The molecular weight excluding hydrogens is 284 g/mol. The normalized spacial score (nSPS) is 18.8. The van der Waals surface area contributed by atoms with Crippen molar-refractivity contribution in [3.05, 3.63) is 24.3 Å². The Kier molecular flexibility index (Phi) is 5.25. The van der Waals surface area contributed by atoms with Gasteiger partial charge in [0.1, 0.15) is 5.75 Å². The number of aliphatic carboxylic acids is 1. The van der Waals surface area contributed by atoms with Crippen molar-refractivity contribution >= 4 is 17.7 Å². The highest BCUT2D eigenvalue weighted by atomic mass is 16.5. The fourth-order valence-electron chi connectivity index (χ4n) is 2.31. The zero-order valence-corrected chi connectivity index (χ0v) is 12.9. The van der Waals surface area contributed by atoms with E-state index in [1.54, 1.807) is 12.1 Å². The molecule has 0 aliphatic carbocycles. The van der Waals surface area contributed by atoms with Gasteiger partial charge in [-0.1, -0.05) is 13.0 Å². The van der Waals surface area contributed by atoms with Gasteiger partial charge >= 0.3 is 12.0 Å². The second kappa shape index (κ2) is 7.15. The lowest BCUT2D eigenvalue weighted by atomic mass is 10.1. The molecule has 0 radical (unpaired) electrons. The summed E-state index contributed by atoms with van der Waals surface area (Å²) in [6.07, 6.45) is 1.52. The summed E-state index contributed by atoms with van der Waals surface area (Å²) in [6.45, 7) is 4.75. The second-order valence-corrected chi connectivity index (χ2v) is 5.56. The van der Waals surface area contributed by atoms with Gasteiger partial charge in [0.15, 0.2) is 0 Å². The largest absolute Gasteiger partial charge is 0.491 e. The SMILES string of the molecule is CCC(C)Oc1cccc(NC(=O)N2CCC(C(=O)O)C2)c1. The second-order valence-electron chi connectivity index (χ2n) is 5.56. The average molecular weight is 306 g/mol. The highest BCUT2D eigenvalue weighted by Crippen LogP contribution is 2.21. The number of carboxylic acids is 1. The first-order valence-corrected chi connectivity index (χ1v) is 7.55. The third-order valence-corrected chi connectivity index (χ3v) is 3.82. The van der Waals surface area contributed by atoms with E-state index in [2.05, 4.69) is 5.32 Å². The molecule has 1 fully saturated rings. The number of nitrogens with zero attached hydrogens (tertiary/aromatic N) is 1. The van der Waals surface area contributed by atoms with Crippen LogP contribution in [0.1, 0.15) is 26.7 Å². The molecule has 2 unspecified atom stereocenters. The van der Waals surface area contributed by atoms with E-state index in [0.29, 0.717) is 24.4 Å². The van der Waals surface area contributed by atoms with Crippen molar-refractivity contribution in [2.75, 3.05) is 18.4 Å². The Morgan fingerprint density at radius 3 is 2.91 bits per heavy atom. The van der Waals surface area contributed by atoms with E-state index < -0.39 is 11.9 Å². The fourth-order valence-corrected chi connectivity index (χ4v) is 2.31. The number of hydrogen-bond donors (Lipinski definition) is 2. The molecule has 22 heavy (non-hydrogen) atoms. The monoisotopic (exact) mass is 306 g/mol. The molecule has 0 spiro atoms. The minimum Gasteiger partial charge on any atom is -0.491 e. The highest BCUT2D eigenvalue weighted by Gasteiger charge is 2.30. The molecule has 2 atom stereocenters. The quantitative estimate of drug-likeness (QED) is 0.876. The predicted molar refractivity (Wildman–Crippen MR) is 83.2 cm³/mol. The number of rotatable bonds is 5. The maximum absolute atomic E-state index is 12.2. The van der Waals surface area contributed by atoms with Gasteiger partial charge in [-0.05, 0) is 31.9 Å². The summed E-state index contributed by atoms with van der Waals surface area (Å²) in [5, 5.41) is 11.8. The lowest BCUT2D eigenvalue weighted by Gasteiger charge is -2.18. The van der Waals surface area contributed by atoms with Crippen LogP contribution in [0.15, 0.2) is 24.3 Å². The lowest BCUT2D eigenvalue weighted by Crippen LogP contribution is -2.33. The van der Waals surface area contributed by atoms with Crippen LogP contribution in [0.5, 0.6) is 5.75 Å². The number of anilines is 1. The minimum atomic E-state index is -0.848. The first kappa shape index (κ1) is 16.1. The number of hydrogen-bond acceptors (Lipinski definition) is 3. The number of carbonyl (C=O) groups excluding carboxylic acids is 1. The van der Waals surface area contributed by atoms with Gasteiger partial charge in [-0.3, -0.25) is 4.79 Å². The Bertz CT molecular complexity index is 547. The van der Waals surface area contributed by atoms with Crippen LogP contribution in [-0.2, 0) is 4.79 Å². The lowest BCUT2D eigenvalue weighted by molar-refractivity contribution is -0.141. The molecule has 2 amide bonds. The average Bonchev–Trinajstić information content (AvgIpc) is 2.97. The molecular formula is C16H22N2O4. The van der Waals surface area contributed by atoms with Gasteiger partial charge in [0, 0.05) is 24.8 Å². The molecule has 2 N–H and O–H groups in total. The van der Waals surface area contributed by atoms with Gasteiger partial charge in [0.05, 0.1) is 12.0 Å². The van der Waals surface area contributed by atoms with Gasteiger partial charge in [0.25, 0.3) is 0 Å². The maximum Gasteiger partial charge on any atom is 0.321 e. The van der Waals surface area contributed by atoms with Crippen molar-refractivity contribution in [1.29, 1.82) is 0 Å². The molecule has 0 aromatic heterocycles. The predicted octanol–water partition coefficient (Wildman–Crippen LogP) is 2.80. The van der Waals surface area contributed by atoms with Gasteiger partial charge in [-0.2, -0.15) is 0 Å². The van der Waals surface area contributed by atoms with E-state index in [4.69, 9.17) is 9.84 Å². The van der Waals surface area contributed by atoms with Crippen LogP contribution in [0.4, 0.5) is 10.5 Å². The number of urea groups is 1. The van der Waals surface area contributed by atoms with Crippen molar-refractivity contribution in [2.45, 2.75) is 32.8 Å². The molecule has 1 aromatic rings. The van der Waals surface area contributed by atoms with E-state index in [9.17, 15) is 9.59 Å². The Morgan fingerprint density at radius 2 is 2.27 bits per heavy atom. The van der Waals surface area contributed by atoms with E-state index in [1.807, 2.05) is 26.0 Å². The van der Waals surface area contributed by atoms with Crippen LogP contribution in [0, 0.1) is 5.92 Å². The van der Waals surface area contributed by atoms with E-state index >= 15 is 0 Å². The summed E-state index contributed by atoms with van der Waals surface area (Å²) in [6, 6.07) is 6.95. The topological polar surface area (TPSA) is 78.9 Å². The van der Waals surface area contributed by atoms with Crippen LogP contribution in [-0.4, -0.2) is 41.2 Å². The first-order valence-electron chi connectivity index (χ1n) is 7.55. The Balaban J connectivity index is 1.94. The van der Waals surface area contributed by atoms with Gasteiger partial charge in [-0.15, -0.1) is 0 Å². The smallest absolute Gasteiger partial charge is 0.321 e. The Hall–Kier alpha value is -2.24. The first-order chi connectivity index (χ1) is 10.5. The van der Waals surface area contributed by atoms with Gasteiger partial charge < -0.3 is 20.1 Å². The molecule has 1 heterocycles. The minimum absolute atomic E-state index is 0.112. The summed E-state index contributed by atoms with van der Waals surface area (Å²) in [4.78, 5) is 24.6. The number of carbonyl (C=O) groups is 2. The zero-order chi connectivity index (χ0) is 16.1. The number of ether oxygens (including phenoxy) is 1. The van der Waals surface area contributed by atoms with Crippen molar-refractivity contribution in [1.82, 2.24) is 4.90 Å². The van der Waals surface area contributed by atoms with Crippen molar-refractivity contribution < 1.29 is 19.4 Å². The van der Waals surface area contributed by atoms with Crippen molar-refractivity contribution in [3.63, 3.8) is 0 Å². The number of amides is 2. The summed E-state index contributed by atoms with van der Waals surface area (Å²) in [7, 11) is 0. The Labute approximate surface area is 130 Å². The zero-order valence-electron chi connectivity index (χ0n) is 12.9. The number of likely N-dealkylation sites (tertiary alicyclic amines) is 1. The molecule has 6 nitrogen and oxygen atoms in total. The number of carboxylic acid groups (broad SMARTS) is 1. The molecule has 1 aliphatic rings. The van der Waals surface area contributed by atoms with Crippen molar-refractivity contribution in [2.24, 2.45) is 5.92 Å². The van der Waals surface area contributed by atoms with Crippen LogP contribution in [0.2, 0.25) is 0 Å². The Morgan fingerprint density at radius 1 is 1.50 bits per heavy atom. The van der Waals surface area contributed by atoms with Gasteiger partial charge in [-0.25, -0.2) is 4.79 Å². The maximum atomic E-state index is 12.2. The molecule has 2 rings (SSSR count). The third-order valence-electron chi connectivity index (χ3n) is 3.82. The van der Waals surface area contributed by atoms with Gasteiger partial charge in [0.2, 0.25) is 0 Å². The number of benzene rings is 1. The summed E-state index contributed by atoms with van der Waals surface area (Å²) in [5.74, 6) is -0.609. The molecule has 1 aliphatic heterocycles. The highest BCUT2D eigenvalue weighted by molar-refractivity contribution is 5.90. The van der Waals surface area contributed by atoms with E-state index in [-0.39, 0.29) is 18.7 Å². The van der Waals surface area contributed by atoms with Crippen LogP contribution in [0.3, 0.4) is 0 Å². The fraction of sp³-hybridized carbons (Fsp3) is 0.500. The molecule has 1 saturated heterocycles. The van der Waals surface area contributed by atoms with E-state index in [1.165, 1.54) is 4.90 Å². The standard InChI is InChI=1S/C16H22N2O4/c1-3-11(2)22-14-6-4-5-13(9-14)17-16(21)18-8-7-12(10-18)15(19)20/h4-6,9,11-12H,3,7-8,10H2,1-2H3,(H,17,21)(H,19,20).